The maximum Gasteiger partial charge on any atom is 0.508 e. The highest BCUT2D eigenvalue weighted by Gasteiger charge is 2.46. The predicted octanol–water partition coefficient (Wildman–Crippen LogP) is 1.66. The van der Waals surface area contributed by atoms with Gasteiger partial charge in [0.1, 0.15) is 36.8 Å². The molecule has 1 aliphatic heterocycles. The number of aliphatic hydroxyl groups is 3. The van der Waals surface area contributed by atoms with E-state index in [0.29, 0.717) is 26.1 Å². The van der Waals surface area contributed by atoms with Gasteiger partial charge in [-0.05, 0) is 69.8 Å². The Hall–Kier alpha value is -3.43. The third-order valence-electron chi connectivity index (χ3n) is 7.64. The third-order valence-corrected chi connectivity index (χ3v) is 7.64. The summed E-state index contributed by atoms with van der Waals surface area (Å²) in [4.78, 5) is 23.1. The number of rotatable bonds is 16. The molecule has 1 amide bonds. The van der Waals surface area contributed by atoms with Gasteiger partial charge >= 0.3 is 6.16 Å². The number of nitrogens with two attached hydrogens (primary N) is 1. The van der Waals surface area contributed by atoms with Crippen LogP contribution in [0.2, 0.25) is 0 Å². The van der Waals surface area contributed by atoms with Gasteiger partial charge < -0.3 is 50.1 Å². The molecule has 7 N–H and O–H groups in total. The number of nitrogens with one attached hydrogen (secondary N) is 2. The molecule has 252 valence electrons. The van der Waals surface area contributed by atoms with Crippen LogP contribution in [0.15, 0.2) is 18.2 Å². The molecule has 45 heavy (non-hydrogen) atoms. The molecule has 0 bridgehead atoms. The zero-order valence-electron chi connectivity index (χ0n) is 26.9. The van der Waals surface area contributed by atoms with Crippen LogP contribution in [0.3, 0.4) is 0 Å². The van der Waals surface area contributed by atoms with Gasteiger partial charge in [0.25, 0.3) is 0 Å². The molecule has 0 saturated carbocycles. The number of aromatic amines is 1. The Morgan fingerprint density at radius 1 is 1.16 bits per heavy atom. The summed E-state index contributed by atoms with van der Waals surface area (Å²) in [5.74, 6) is 0.610. The van der Waals surface area contributed by atoms with Crippen LogP contribution in [-0.4, -0.2) is 101 Å². The SMILES string of the molecule is CCOC(=O)OCC1O[C@@H](Oc2n[nH]c(C(C)C)c2Cc2ccc(OCCCNCC(C)(C)C(N)=O)cc2C)C(O)C(O)[C@@H]1O. The summed E-state index contributed by atoms with van der Waals surface area (Å²) in [6.07, 6.45) is -7.12. The number of hydrogen-bond donors (Lipinski definition) is 6. The van der Waals surface area contributed by atoms with Gasteiger partial charge in [-0.3, -0.25) is 9.89 Å². The maximum absolute atomic E-state index is 11.6. The van der Waals surface area contributed by atoms with Gasteiger partial charge in [-0.25, -0.2) is 4.79 Å². The second-order valence-electron chi connectivity index (χ2n) is 12.1. The van der Waals surface area contributed by atoms with Gasteiger partial charge in [0.15, 0.2) is 0 Å². The smallest absolute Gasteiger partial charge is 0.494 e. The fourth-order valence-electron chi connectivity index (χ4n) is 4.70. The number of aromatic nitrogens is 2. The number of benzene rings is 1. The average molecular weight is 637 g/mol. The predicted molar refractivity (Wildman–Crippen MR) is 163 cm³/mol. The molecular weight excluding hydrogens is 588 g/mol. The minimum absolute atomic E-state index is 0.0604. The van der Waals surface area contributed by atoms with Crippen molar-refractivity contribution in [2.24, 2.45) is 11.1 Å². The molecule has 1 saturated heterocycles. The zero-order valence-corrected chi connectivity index (χ0v) is 26.9. The number of hydrogen-bond acceptors (Lipinski definition) is 12. The standard InChI is InChI=1S/C31H48N4O10/c1-7-41-30(40)43-15-22-24(36)25(37)26(38)28(44-22)45-27-21(23(17(2)3)34-35-27)14-19-9-10-20(13-18(19)4)42-12-8-11-33-16-31(5,6)29(32)39/h9-10,13,17,22,24-26,28,33,36-38H,7-8,11-12,14-16H2,1-6H3,(H2,32,39)(H,34,35)/t22?,24-,25?,26?,28+/m1/s1. The van der Waals surface area contributed by atoms with E-state index in [1.54, 1.807) is 20.8 Å². The number of ether oxygens (including phenoxy) is 5. The molecule has 2 heterocycles. The van der Waals surface area contributed by atoms with Crippen molar-refractivity contribution in [3.8, 4) is 11.6 Å². The number of amides is 1. The zero-order chi connectivity index (χ0) is 33.3. The van der Waals surface area contributed by atoms with E-state index in [9.17, 15) is 24.9 Å². The number of carbonyl (C=O) groups excluding carboxylic acids is 2. The van der Waals surface area contributed by atoms with Gasteiger partial charge in [0.2, 0.25) is 18.1 Å². The first kappa shape index (κ1) is 36.0. The molecule has 14 heteroatoms. The minimum atomic E-state index is -1.63. The highest BCUT2D eigenvalue weighted by atomic mass is 16.7. The van der Waals surface area contributed by atoms with E-state index in [2.05, 4.69) is 15.5 Å². The van der Waals surface area contributed by atoms with Crippen LogP contribution in [0, 0.1) is 12.3 Å². The molecule has 14 nitrogen and oxygen atoms in total. The minimum Gasteiger partial charge on any atom is -0.494 e. The summed E-state index contributed by atoms with van der Waals surface area (Å²) in [6, 6.07) is 5.81. The molecule has 1 fully saturated rings. The first-order chi connectivity index (χ1) is 21.2. The summed E-state index contributed by atoms with van der Waals surface area (Å²) in [7, 11) is 0. The number of aliphatic hydroxyl groups excluding tert-OH is 3. The lowest BCUT2D eigenvalue weighted by Crippen LogP contribution is -2.60. The van der Waals surface area contributed by atoms with Crippen LogP contribution in [0.25, 0.3) is 0 Å². The molecule has 0 spiro atoms. The molecular formula is C31H48N4O10. The molecule has 3 rings (SSSR count). The highest BCUT2D eigenvalue weighted by molar-refractivity contribution is 5.80. The van der Waals surface area contributed by atoms with Crippen LogP contribution >= 0.6 is 0 Å². The first-order valence-corrected chi connectivity index (χ1v) is 15.2. The topological polar surface area (TPSA) is 208 Å². The Kier molecular flexibility index (Phi) is 13.0. The van der Waals surface area contributed by atoms with E-state index in [0.717, 1.165) is 34.6 Å². The van der Waals surface area contributed by atoms with Crippen LogP contribution in [0.4, 0.5) is 4.79 Å². The van der Waals surface area contributed by atoms with Crippen LogP contribution < -0.4 is 20.5 Å². The number of nitrogens with zero attached hydrogens (tertiary/aromatic N) is 1. The second kappa shape index (κ2) is 16.2. The van der Waals surface area contributed by atoms with Gasteiger partial charge in [-0.1, -0.05) is 19.9 Å². The van der Waals surface area contributed by atoms with Gasteiger partial charge in [0, 0.05) is 24.2 Å². The quantitative estimate of drug-likeness (QED) is 0.115. The first-order valence-electron chi connectivity index (χ1n) is 15.2. The second-order valence-corrected chi connectivity index (χ2v) is 12.1. The van der Waals surface area contributed by atoms with Crippen molar-refractivity contribution in [3.05, 3.63) is 40.6 Å². The van der Waals surface area contributed by atoms with Crippen LogP contribution in [0.1, 0.15) is 69.3 Å². The number of primary amides is 1. The van der Waals surface area contributed by atoms with E-state index < -0.39 is 48.9 Å². The lowest BCUT2D eigenvalue weighted by Gasteiger charge is -2.39. The molecule has 1 aliphatic rings. The Morgan fingerprint density at radius 3 is 2.53 bits per heavy atom. The summed E-state index contributed by atoms with van der Waals surface area (Å²) < 4.78 is 27.3. The van der Waals surface area contributed by atoms with Gasteiger partial charge in [0.05, 0.1) is 18.6 Å². The number of H-pyrrole nitrogens is 1. The van der Waals surface area contributed by atoms with Crippen LogP contribution in [-0.2, 0) is 25.4 Å². The van der Waals surface area contributed by atoms with Crippen molar-refractivity contribution in [1.29, 1.82) is 0 Å². The highest BCUT2D eigenvalue weighted by Crippen LogP contribution is 2.32. The van der Waals surface area contributed by atoms with Crippen molar-refractivity contribution in [1.82, 2.24) is 15.5 Å². The Morgan fingerprint density at radius 2 is 1.89 bits per heavy atom. The molecule has 3 unspecified atom stereocenters. The number of carbonyl (C=O) groups is 2. The largest absolute Gasteiger partial charge is 0.508 e. The van der Waals surface area contributed by atoms with E-state index in [1.807, 2.05) is 39.0 Å². The fourth-order valence-corrected chi connectivity index (χ4v) is 4.70. The number of aryl methyl sites for hydroxylation is 1. The van der Waals surface area contributed by atoms with Crippen molar-refractivity contribution in [2.45, 2.75) is 91.0 Å². The van der Waals surface area contributed by atoms with E-state index in [4.69, 9.17) is 29.4 Å². The van der Waals surface area contributed by atoms with Crippen LogP contribution in [0.5, 0.6) is 11.6 Å². The fraction of sp³-hybridized carbons (Fsp3) is 0.645. The van der Waals surface area contributed by atoms with Crippen molar-refractivity contribution < 1.29 is 48.6 Å². The molecule has 1 aromatic heterocycles. The van der Waals surface area contributed by atoms with Crippen molar-refractivity contribution >= 4 is 12.1 Å². The molecule has 2 aromatic rings. The monoisotopic (exact) mass is 636 g/mol. The van der Waals surface area contributed by atoms with Gasteiger partial charge in [-0.15, -0.1) is 5.10 Å². The third kappa shape index (κ3) is 9.78. The Labute approximate surface area is 263 Å². The summed E-state index contributed by atoms with van der Waals surface area (Å²) in [5, 5.41) is 42.0. The average Bonchev–Trinajstić information content (AvgIpc) is 3.38. The van der Waals surface area contributed by atoms with E-state index >= 15 is 0 Å². The summed E-state index contributed by atoms with van der Waals surface area (Å²) in [5.41, 5.74) is 8.34. The summed E-state index contributed by atoms with van der Waals surface area (Å²) >= 11 is 0. The van der Waals surface area contributed by atoms with Crippen molar-refractivity contribution in [3.63, 3.8) is 0 Å². The molecule has 0 radical (unpaired) electrons. The normalized spacial score (nSPS) is 21.9. The van der Waals surface area contributed by atoms with Crippen molar-refractivity contribution in [2.75, 3.05) is 32.9 Å². The molecule has 0 aliphatic carbocycles. The molecule has 1 aromatic carbocycles. The van der Waals surface area contributed by atoms with E-state index in [1.165, 1.54) is 0 Å². The summed E-state index contributed by atoms with van der Waals surface area (Å²) in [6.45, 7) is 12.6. The Balaban J connectivity index is 1.65. The van der Waals surface area contributed by atoms with E-state index in [-0.39, 0.29) is 24.3 Å². The maximum atomic E-state index is 11.6. The van der Waals surface area contributed by atoms with Gasteiger partial charge in [-0.2, -0.15) is 0 Å². The molecule has 5 atom stereocenters. The Bertz CT molecular complexity index is 1270. The lowest BCUT2D eigenvalue weighted by molar-refractivity contribution is -0.278. The lowest BCUT2D eigenvalue weighted by atomic mass is 9.93.